The molecule has 0 aromatic carbocycles. The molecular formula is C14H24IN5OS. The highest BCUT2D eigenvalue weighted by Gasteiger charge is 2.15. The zero-order valence-corrected chi connectivity index (χ0v) is 16.2. The molecule has 1 aromatic rings. The Balaban J connectivity index is 0.00000242. The van der Waals surface area contributed by atoms with Crippen molar-refractivity contribution in [2.75, 3.05) is 32.7 Å². The smallest absolute Gasteiger partial charge is 0.263 e. The summed E-state index contributed by atoms with van der Waals surface area (Å²) in [7, 11) is 0. The lowest BCUT2D eigenvalue weighted by molar-refractivity contribution is 0.0958. The molecule has 0 radical (unpaired) electrons. The Morgan fingerprint density at radius 1 is 1.41 bits per heavy atom. The predicted molar refractivity (Wildman–Crippen MR) is 101 cm³/mol. The molecule has 2 rings (SSSR count). The van der Waals surface area contributed by atoms with Crippen molar-refractivity contribution in [3.8, 4) is 0 Å². The molecular weight excluding hydrogens is 413 g/mol. The van der Waals surface area contributed by atoms with Crippen LogP contribution in [0.2, 0.25) is 0 Å². The maximum absolute atomic E-state index is 11.9. The largest absolute Gasteiger partial charge is 0.357 e. The van der Waals surface area contributed by atoms with Gasteiger partial charge in [-0.25, -0.2) is 4.98 Å². The van der Waals surface area contributed by atoms with Crippen molar-refractivity contribution in [2.24, 2.45) is 4.99 Å². The van der Waals surface area contributed by atoms with Crippen LogP contribution in [0.25, 0.3) is 0 Å². The first-order valence-electron chi connectivity index (χ1n) is 7.44. The molecule has 0 aliphatic carbocycles. The van der Waals surface area contributed by atoms with E-state index >= 15 is 0 Å². The summed E-state index contributed by atoms with van der Waals surface area (Å²) in [6.45, 7) is 8.04. The molecule has 1 aliphatic heterocycles. The van der Waals surface area contributed by atoms with Gasteiger partial charge in [0, 0.05) is 26.2 Å². The van der Waals surface area contributed by atoms with Gasteiger partial charge in [0.15, 0.2) is 5.96 Å². The normalized spacial score (nSPS) is 14.6. The van der Waals surface area contributed by atoms with Crippen LogP contribution in [-0.4, -0.2) is 54.5 Å². The van der Waals surface area contributed by atoms with E-state index in [9.17, 15) is 4.79 Å². The summed E-state index contributed by atoms with van der Waals surface area (Å²) in [4.78, 5) is 23.6. The van der Waals surface area contributed by atoms with Crippen molar-refractivity contribution in [3.63, 3.8) is 0 Å². The lowest BCUT2D eigenvalue weighted by Crippen LogP contribution is -2.40. The van der Waals surface area contributed by atoms with E-state index < -0.39 is 0 Å². The van der Waals surface area contributed by atoms with Crippen molar-refractivity contribution in [2.45, 2.75) is 26.7 Å². The van der Waals surface area contributed by atoms with Gasteiger partial charge in [0.05, 0.1) is 17.7 Å². The van der Waals surface area contributed by atoms with E-state index in [1.165, 1.54) is 24.2 Å². The minimum atomic E-state index is -0.0589. The summed E-state index contributed by atoms with van der Waals surface area (Å²) < 4.78 is 0. The SMILES string of the molecule is CCNC(=NCCNC(=O)c1scnc1C)N1CCCC1.I. The lowest BCUT2D eigenvalue weighted by Gasteiger charge is -2.20. The van der Waals surface area contributed by atoms with Crippen molar-refractivity contribution in [3.05, 3.63) is 16.1 Å². The number of aromatic nitrogens is 1. The van der Waals surface area contributed by atoms with Crippen LogP contribution in [0.5, 0.6) is 0 Å². The predicted octanol–water partition coefficient (Wildman–Crippen LogP) is 1.86. The second-order valence-electron chi connectivity index (χ2n) is 4.95. The second kappa shape index (κ2) is 9.98. The summed E-state index contributed by atoms with van der Waals surface area (Å²) in [5, 5.41) is 6.20. The van der Waals surface area contributed by atoms with Crippen molar-refractivity contribution in [1.29, 1.82) is 0 Å². The van der Waals surface area contributed by atoms with Crippen LogP contribution in [-0.2, 0) is 0 Å². The molecule has 8 heteroatoms. The topological polar surface area (TPSA) is 69.6 Å². The molecule has 1 fully saturated rings. The van der Waals surface area contributed by atoms with Gasteiger partial charge in [-0.15, -0.1) is 35.3 Å². The molecule has 0 unspecified atom stereocenters. The highest BCUT2D eigenvalue weighted by molar-refractivity contribution is 14.0. The van der Waals surface area contributed by atoms with E-state index in [0.29, 0.717) is 18.0 Å². The molecule has 1 amide bonds. The lowest BCUT2D eigenvalue weighted by atomic mass is 10.4. The van der Waals surface area contributed by atoms with Gasteiger partial charge in [-0.2, -0.15) is 0 Å². The highest BCUT2D eigenvalue weighted by atomic mass is 127. The number of amides is 1. The average molecular weight is 437 g/mol. The number of guanidine groups is 1. The number of nitrogens with one attached hydrogen (secondary N) is 2. The van der Waals surface area contributed by atoms with Gasteiger partial charge in [0.1, 0.15) is 4.88 Å². The number of aryl methyl sites for hydroxylation is 1. The molecule has 2 N–H and O–H groups in total. The molecule has 124 valence electrons. The van der Waals surface area contributed by atoms with E-state index in [1.54, 1.807) is 5.51 Å². The first kappa shape index (κ1) is 19.1. The van der Waals surface area contributed by atoms with E-state index in [4.69, 9.17) is 0 Å². The summed E-state index contributed by atoms with van der Waals surface area (Å²) in [6, 6.07) is 0. The average Bonchev–Trinajstić information content (AvgIpc) is 3.13. The number of hydrogen-bond donors (Lipinski definition) is 2. The number of thiazole rings is 1. The molecule has 1 aromatic heterocycles. The monoisotopic (exact) mass is 437 g/mol. The van der Waals surface area contributed by atoms with Crippen LogP contribution in [0.3, 0.4) is 0 Å². The molecule has 1 saturated heterocycles. The number of aliphatic imine (C=N–C) groups is 1. The number of rotatable bonds is 5. The first-order valence-corrected chi connectivity index (χ1v) is 8.32. The standard InChI is InChI=1S/C14H23N5OS.HI/c1-3-15-14(19-8-4-5-9-19)17-7-6-16-13(20)12-11(2)18-10-21-12;/h10H,3-9H2,1-2H3,(H,15,17)(H,16,20);1H. The fraction of sp³-hybridized carbons (Fsp3) is 0.643. The molecule has 0 saturated carbocycles. The summed E-state index contributed by atoms with van der Waals surface area (Å²) in [5.74, 6) is 0.898. The molecule has 0 bridgehead atoms. The zero-order chi connectivity index (χ0) is 15.1. The Hall–Kier alpha value is -0.900. The molecule has 1 aliphatic rings. The Labute approximate surface area is 152 Å². The Bertz CT molecular complexity index is 499. The second-order valence-corrected chi connectivity index (χ2v) is 5.81. The Morgan fingerprint density at radius 2 is 2.14 bits per heavy atom. The van der Waals surface area contributed by atoms with Crippen molar-refractivity contribution in [1.82, 2.24) is 20.5 Å². The van der Waals surface area contributed by atoms with Crippen LogP contribution in [0, 0.1) is 6.92 Å². The van der Waals surface area contributed by atoms with Crippen LogP contribution in [0.4, 0.5) is 0 Å². The van der Waals surface area contributed by atoms with Gasteiger partial charge in [-0.3, -0.25) is 9.79 Å². The van der Waals surface area contributed by atoms with E-state index in [2.05, 4.69) is 32.4 Å². The molecule has 0 spiro atoms. The van der Waals surface area contributed by atoms with Crippen LogP contribution >= 0.6 is 35.3 Å². The van der Waals surface area contributed by atoms with E-state index in [0.717, 1.165) is 31.3 Å². The molecule has 0 atom stereocenters. The van der Waals surface area contributed by atoms with Gasteiger partial charge in [0.2, 0.25) is 0 Å². The third-order valence-corrected chi connectivity index (χ3v) is 4.28. The Morgan fingerprint density at radius 3 is 2.73 bits per heavy atom. The maximum Gasteiger partial charge on any atom is 0.263 e. The van der Waals surface area contributed by atoms with Crippen molar-refractivity contribution < 1.29 is 4.79 Å². The van der Waals surface area contributed by atoms with Gasteiger partial charge in [0.25, 0.3) is 5.91 Å². The Kier molecular flexibility index (Phi) is 8.69. The maximum atomic E-state index is 11.9. The van der Waals surface area contributed by atoms with Gasteiger partial charge < -0.3 is 15.5 Å². The highest BCUT2D eigenvalue weighted by Crippen LogP contribution is 2.11. The minimum Gasteiger partial charge on any atom is -0.357 e. The van der Waals surface area contributed by atoms with Crippen LogP contribution < -0.4 is 10.6 Å². The first-order chi connectivity index (χ1) is 10.2. The van der Waals surface area contributed by atoms with E-state index in [1.807, 2.05) is 6.92 Å². The van der Waals surface area contributed by atoms with Crippen molar-refractivity contribution >= 4 is 47.2 Å². The number of halogens is 1. The van der Waals surface area contributed by atoms with Crippen LogP contribution in [0.1, 0.15) is 35.1 Å². The van der Waals surface area contributed by atoms with Gasteiger partial charge in [-0.05, 0) is 26.7 Å². The van der Waals surface area contributed by atoms with Crippen LogP contribution in [0.15, 0.2) is 10.5 Å². The summed E-state index contributed by atoms with van der Waals surface area (Å²) in [6.07, 6.45) is 2.46. The van der Waals surface area contributed by atoms with Gasteiger partial charge in [-0.1, -0.05) is 0 Å². The quantitative estimate of drug-likeness (QED) is 0.320. The zero-order valence-electron chi connectivity index (χ0n) is 13.1. The summed E-state index contributed by atoms with van der Waals surface area (Å²) in [5.41, 5.74) is 2.48. The number of nitrogens with zero attached hydrogens (tertiary/aromatic N) is 3. The summed E-state index contributed by atoms with van der Waals surface area (Å²) >= 11 is 1.37. The third kappa shape index (κ3) is 5.38. The minimum absolute atomic E-state index is 0. The third-order valence-electron chi connectivity index (χ3n) is 3.35. The number of hydrogen-bond acceptors (Lipinski definition) is 4. The fourth-order valence-corrected chi connectivity index (χ4v) is 3.00. The molecule has 22 heavy (non-hydrogen) atoms. The fourth-order valence-electron chi connectivity index (χ4n) is 2.29. The number of carbonyl (C=O) groups excluding carboxylic acids is 1. The number of likely N-dealkylation sites (tertiary alicyclic amines) is 1. The van der Waals surface area contributed by atoms with E-state index in [-0.39, 0.29) is 29.9 Å². The molecule has 6 nitrogen and oxygen atoms in total. The number of carbonyl (C=O) groups is 1. The molecule has 2 heterocycles. The van der Waals surface area contributed by atoms with Gasteiger partial charge >= 0.3 is 0 Å².